The molecule has 1 aliphatic carbocycles. The van der Waals surface area contributed by atoms with Gasteiger partial charge in [-0.1, -0.05) is 43.5 Å². The highest BCUT2D eigenvalue weighted by atomic mass is 16.5. The molecule has 0 bridgehead atoms. The number of hydrogen-bond acceptors (Lipinski definition) is 2. The molecule has 0 saturated carbocycles. The predicted octanol–water partition coefficient (Wildman–Crippen LogP) is 4.30. The van der Waals surface area contributed by atoms with Crippen LogP contribution in [0.25, 0.3) is 11.1 Å². The van der Waals surface area contributed by atoms with E-state index in [4.69, 9.17) is 9.47 Å². The van der Waals surface area contributed by atoms with Crippen molar-refractivity contribution in [1.29, 1.82) is 0 Å². The Bertz CT molecular complexity index is 656. The highest BCUT2D eigenvalue weighted by Crippen LogP contribution is 2.47. The van der Waals surface area contributed by atoms with Crippen molar-refractivity contribution in [3.63, 3.8) is 0 Å². The average Bonchev–Trinajstić information content (AvgIpc) is 2.80. The summed E-state index contributed by atoms with van der Waals surface area (Å²) in [5.41, 5.74) is 4.84. The minimum atomic E-state index is 0.658. The van der Waals surface area contributed by atoms with Gasteiger partial charge in [0.2, 0.25) is 0 Å². The fourth-order valence-electron chi connectivity index (χ4n) is 2.55. The summed E-state index contributed by atoms with van der Waals surface area (Å²) in [4.78, 5) is 0. The number of fused-ring (bicyclic) bond motifs is 3. The van der Waals surface area contributed by atoms with Crippen molar-refractivity contribution in [2.24, 2.45) is 0 Å². The lowest BCUT2D eigenvalue weighted by Gasteiger charge is -2.12. The van der Waals surface area contributed by atoms with Crippen molar-refractivity contribution in [1.82, 2.24) is 0 Å². The van der Waals surface area contributed by atoms with E-state index < -0.39 is 0 Å². The summed E-state index contributed by atoms with van der Waals surface area (Å²) in [7, 11) is 0. The van der Waals surface area contributed by atoms with E-state index in [2.05, 4.69) is 37.4 Å². The van der Waals surface area contributed by atoms with Gasteiger partial charge in [0.1, 0.15) is 0 Å². The van der Waals surface area contributed by atoms with Crippen LogP contribution in [-0.2, 0) is 6.42 Å². The molecule has 0 saturated heterocycles. The van der Waals surface area contributed by atoms with Gasteiger partial charge in [-0.15, -0.1) is 0 Å². The zero-order valence-corrected chi connectivity index (χ0v) is 10.6. The number of rotatable bonds is 4. The van der Waals surface area contributed by atoms with Crippen LogP contribution >= 0.6 is 0 Å². The summed E-state index contributed by atoms with van der Waals surface area (Å²) < 4.78 is 11.0. The smallest absolute Gasteiger partial charge is 0.177 e. The molecule has 3 rings (SSSR count). The van der Waals surface area contributed by atoms with E-state index >= 15 is 0 Å². The lowest BCUT2D eigenvalue weighted by Crippen LogP contribution is -1.92. The molecule has 1 aliphatic rings. The van der Waals surface area contributed by atoms with Gasteiger partial charge in [0.25, 0.3) is 0 Å². The highest BCUT2D eigenvalue weighted by molar-refractivity contribution is 5.84. The molecule has 0 aromatic heterocycles. The number of hydrogen-bond donors (Lipinski definition) is 0. The Balaban J connectivity index is 2.24. The van der Waals surface area contributed by atoms with Gasteiger partial charge in [-0.2, -0.15) is 0 Å². The molecule has 0 atom stereocenters. The first-order valence-corrected chi connectivity index (χ1v) is 6.14. The molecule has 0 spiro atoms. The van der Waals surface area contributed by atoms with Crippen LogP contribution in [0.4, 0.5) is 0 Å². The molecule has 0 N–H and O–H groups in total. The standard InChI is InChI=1S/C17H14O2/c1-3-18-15-10-9-13-11-12-7-5-6-8-14(12)16(13)17(15)19-4-2/h3-10H,1-2,11H2. The third-order valence-corrected chi connectivity index (χ3v) is 3.29. The molecular formula is C17H14O2. The molecule has 2 aromatic rings. The molecule has 0 fully saturated rings. The Morgan fingerprint density at radius 2 is 1.68 bits per heavy atom. The van der Waals surface area contributed by atoms with Crippen molar-refractivity contribution >= 4 is 0 Å². The van der Waals surface area contributed by atoms with Gasteiger partial charge < -0.3 is 9.47 Å². The van der Waals surface area contributed by atoms with Crippen LogP contribution in [0, 0.1) is 0 Å². The van der Waals surface area contributed by atoms with Gasteiger partial charge >= 0.3 is 0 Å². The van der Waals surface area contributed by atoms with Crippen molar-refractivity contribution < 1.29 is 9.47 Å². The fraction of sp³-hybridized carbons (Fsp3) is 0.0588. The first kappa shape index (κ1) is 11.6. The summed E-state index contributed by atoms with van der Waals surface area (Å²) in [5, 5.41) is 0. The van der Waals surface area contributed by atoms with E-state index in [-0.39, 0.29) is 0 Å². The second kappa shape index (κ2) is 4.65. The van der Waals surface area contributed by atoms with Gasteiger partial charge in [0.05, 0.1) is 12.5 Å². The largest absolute Gasteiger partial charge is 0.462 e. The first-order valence-electron chi connectivity index (χ1n) is 6.14. The van der Waals surface area contributed by atoms with Gasteiger partial charge in [-0.05, 0) is 29.2 Å². The molecule has 19 heavy (non-hydrogen) atoms. The molecule has 0 unspecified atom stereocenters. The predicted molar refractivity (Wildman–Crippen MR) is 76.3 cm³/mol. The SMILES string of the molecule is C=COc1ccc2c(c1OC=C)-c1ccccc1C2. The van der Waals surface area contributed by atoms with Crippen molar-refractivity contribution in [3.05, 3.63) is 73.2 Å². The Hall–Kier alpha value is -2.48. The molecule has 94 valence electrons. The molecule has 2 nitrogen and oxygen atoms in total. The lowest BCUT2D eigenvalue weighted by atomic mass is 10.0. The van der Waals surface area contributed by atoms with Crippen LogP contribution in [0.15, 0.2) is 62.1 Å². The topological polar surface area (TPSA) is 18.5 Å². The van der Waals surface area contributed by atoms with E-state index in [0.717, 1.165) is 12.0 Å². The molecule has 0 amide bonds. The van der Waals surface area contributed by atoms with E-state index in [0.29, 0.717) is 11.5 Å². The monoisotopic (exact) mass is 250 g/mol. The zero-order valence-electron chi connectivity index (χ0n) is 10.6. The molecule has 2 aromatic carbocycles. The minimum absolute atomic E-state index is 0.658. The molecule has 0 radical (unpaired) electrons. The van der Waals surface area contributed by atoms with E-state index in [1.165, 1.54) is 29.2 Å². The number of ether oxygens (including phenoxy) is 2. The normalized spacial score (nSPS) is 11.4. The van der Waals surface area contributed by atoms with Gasteiger partial charge in [0.15, 0.2) is 11.5 Å². The van der Waals surface area contributed by atoms with Gasteiger partial charge in [-0.3, -0.25) is 0 Å². The van der Waals surface area contributed by atoms with E-state index in [1.807, 2.05) is 12.1 Å². The highest BCUT2D eigenvalue weighted by Gasteiger charge is 2.24. The van der Waals surface area contributed by atoms with Crippen molar-refractivity contribution in [2.45, 2.75) is 6.42 Å². The van der Waals surface area contributed by atoms with Crippen molar-refractivity contribution in [2.75, 3.05) is 0 Å². The molecule has 0 aliphatic heterocycles. The second-order valence-corrected chi connectivity index (χ2v) is 4.33. The lowest BCUT2D eigenvalue weighted by molar-refractivity contribution is 0.420. The summed E-state index contributed by atoms with van der Waals surface area (Å²) in [6.07, 6.45) is 3.75. The molecular weight excluding hydrogens is 236 g/mol. The number of benzene rings is 2. The Morgan fingerprint density at radius 3 is 2.47 bits per heavy atom. The van der Waals surface area contributed by atoms with Crippen LogP contribution in [0.3, 0.4) is 0 Å². The summed E-state index contributed by atoms with van der Waals surface area (Å²) >= 11 is 0. The Kier molecular flexibility index (Phi) is 2.84. The summed E-state index contributed by atoms with van der Waals surface area (Å²) in [6.45, 7) is 7.23. The van der Waals surface area contributed by atoms with E-state index in [9.17, 15) is 0 Å². The van der Waals surface area contributed by atoms with E-state index in [1.54, 1.807) is 0 Å². The van der Waals surface area contributed by atoms with Crippen molar-refractivity contribution in [3.8, 4) is 22.6 Å². The van der Waals surface area contributed by atoms with Crippen LogP contribution in [0.2, 0.25) is 0 Å². The quantitative estimate of drug-likeness (QED) is 0.643. The first-order chi connectivity index (χ1) is 9.35. The summed E-state index contributed by atoms with van der Waals surface area (Å²) in [5.74, 6) is 1.36. The maximum atomic E-state index is 5.58. The van der Waals surface area contributed by atoms with Crippen LogP contribution in [0.5, 0.6) is 11.5 Å². The van der Waals surface area contributed by atoms with Gasteiger partial charge in [-0.25, -0.2) is 0 Å². The average molecular weight is 250 g/mol. The second-order valence-electron chi connectivity index (χ2n) is 4.33. The van der Waals surface area contributed by atoms with Gasteiger partial charge in [0, 0.05) is 5.56 Å². The molecule has 0 heterocycles. The fourth-order valence-corrected chi connectivity index (χ4v) is 2.55. The maximum Gasteiger partial charge on any atom is 0.177 e. The summed E-state index contributed by atoms with van der Waals surface area (Å²) in [6, 6.07) is 12.3. The third-order valence-electron chi connectivity index (χ3n) is 3.29. The van der Waals surface area contributed by atoms with Crippen LogP contribution in [-0.4, -0.2) is 0 Å². The third kappa shape index (κ3) is 1.82. The zero-order chi connectivity index (χ0) is 13.2. The molecule has 2 heteroatoms. The maximum absolute atomic E-state index is 5.58. The van der Waals surface area contributed by atoms with Crippen LogP contribution < -0.4 is 9.47 Å². The Labute approximate surface area is 112 Å². The Morgan fingerprint density at radius 1 is 0.895 bits per heavy atom. The minimum Gasteiger partial charge on any atom is -0.462 e. The van der Waals surface area contributed by atoms with Crippen LogP contribution in [0.1, 0.15) is 11.1 Å².